The number of benzene rings is 2. The van der Waals surface area contributed by atoms with Crippen molar-refractivity contribution in [2.24, 2.45) is 5.92 Å². The molecule has 33 heavy (non-hydrogen) atoms. The minimum absolute atomic E-state index is 0.0420. The molecule has 2 atom stereocenters. The van der Waals surface area contributed by atoms with E-state index in [0.29, 0.717) is 35.3 Å². The summed E-state index contributed by atoms with van der Waals surface area (Å²) < 4.78 is 34.5. The summed E-state index contributed by atoms with van der Waals surface area (Å²) in [5, 5.41) is 9.58. The van der Waals surface area contributed by atoms with Crippen LogP contribution in [-0.2, 0) is 9.59 Å². The number of likely N-dealkylation sites (tertiary alicyclic amines) is 1. The van der Waals surface area contributed by atoms with Gasteiger partial charge in [-0.1, -0.05) is 6.07 Å². The van der Waals surface area contributed by atoms with Crippen LogP contribution in [0.25, 0.3) is 22.0 Å². The molecule has 3 aromatic rings. The van der Waals surface area contributed by atoms with Gasteiger partial charge in [0.1, 0.15) is 17.4 Å². The SMILES string of the molecule is C[C@@H](Oc1ccc2c(-c3c(F)cccc3F)ccnc2c1)C(=O)N1CCC[C@H](CC(=O)O)C1. The van der Waals surface area contributed by atoms with Gasteiger partial charge >= 0.3 is 5.97 Å². The molecule has 1 aliphatic rings. The van der Waals surface area contributed by atoms with Gasteiger partial charge in [-0.2, -0.15) is 0 Å². The van der Waals surface area contributed by atoms with Crippen molar-refractivity contribution < 1.29 is 28.2 Å². The topological polar surface area (TPSA) is 79.7 Å². The highest BCUT2D eigenvalue weighted by Crippen LogP contribution is 2.33. The van der Waals surface area contributed by atoms with E-state index in [0.717, 1.165) is 12.8 Å². The smallest absolute Gasteiger partial charge is 0.303 e. The predicted octanol–water partition coefficient (Wildman–Crippen LogP) is 4.66. The Morgan fingerprint density at radius 1 is 1.21 bits per heavy atom. The summed E-state index contributed by atoms with van der Waals surface area (Å²) in [7, 11) is 0. The largest absolute Gasteiger partial charge is 0.481 e. The maximum atomic E-state index is 14.3. The summed E-state index contributed by atoms with van der Waals surface area (Å²) in [5.74, 6) is -2.05. The van der Waals surface area contributed by atoms with Gasteiger partial charge < -0.3 is 14.7 Å². The van der Waals surface area contributed by atoms with E-state index in [-0.39, 0.29) is 23.8 Å². The number of carboxylic acids is 1. The van der Waals surface area contributed by atoms with E-state index in [9.17, 15) is 18.4 Å². The van der Waals surface area contributed by atoms with E-state index in [1.54, 1.807) is 36.1 Å². The normalized spacial score (nSPS) is 17.1. The van der Waals surface area contributed by atoms with E-state index in [4.69, 9.17) is 9.84 Å². The molecule has 1 saturated heterocycles. The van der Waals surface area contributed by atoms with Gasteiger partial charge in [-0.05, 0) is 61.6 Å². The Morgan fingerprint density at radius 2 is 1.97 bits per heavy atom. The van der Waals surface area contributed by atoms with Crippen molar-refractivity contribution in [3.05, 3.63) is 60.3 Å². The first-order valence-corrected chi connectivity index (χ1v) is 10.8. The third-order valence-electron chi connectivity index (χ3n) is 5.90. The standard InChI is InChI=1S/C25H24F2N2O4/c1-15(25(32)29-11-3-4-16(14-29)12-23(30)31)33-17-7-8-18-19(9-10-28-22(18)13-17)24-20(26)5-2-6-21(24)27/h2,5-10,13,15-16H,3-4,11-12,14H2,1H3,(H,30,31)/t15-,16-/m1/s1. The quantitative estimate of drug-likeness (QED) is 0.586. The summed E-state index contributed by atoms with van der Waals surface area (Å²) in [4.78, 5) is 29.8. The van der Waals surface area contributed by atoms with Crippen molar-refractivity contribution in [2.45, 2.75) is 32.3 Å². The summed E-state index contributed by atoms with van der Waals surface area (Å²) in [6.07, 6.45) is 2.27. The number of rotatable bonds is 6. The maximum absolute atomic E-state index is 14.3. The summed E-state index contributed by atoms with van der Waals surface area (Å²) in [6, 6.07) is 10.2. The van der Waals surface area contributed by atoms with Crippen molar-refractivity contribution in [1.29, 1.82) is 0 Å². The predicted molar refractivity (Wildman–Crippen MR) is 119 cm³/mol. The summed E-state index contributed by atoms with van der Waals surface area (Å²) in [5.41, 5.74) is 0.735. The van der Waals surface area contributed by atoms with E-state index < -0.39 is 23.7 Å². The Hall–Kier alpha value is -3.55. The zero-order valence-electron chi connectivity index (χ0n) is 18.1. The minimum Gasteiger partial charge on any atom is -0.481 e. The van der Waals surface area contributed by atoms with Gasteiger partial charge in [-0.3, -0.25) is 14.6 Å². The van der Waals surface area contributed by atoms with Crippen LogP contribution in [0.15, 0.2) is 48.7 Å². The fourth-order valence-electron chi connectivity index (χ4n) is 4.36. The zero-order valence-corrected chi connectivity index (χ0v) is 18.1. The van der Waals surface area contributed by atoms with Crippen molar-refractivity contribution in [3.8, 4) is 16.9 Å². The molecule has 0 saturated carbocycles. The number of pyridine rings is 1. The van der Waals surface area contributed by atoms with Gasteiger partial charge in [0.25, 0.3) is 5.91 Å². The molecule has 2 aromatic carbocycles. The van der Waals surface area contributed by atoms with Gasteiger partial charge in [-0.25, -0.2) is 8.78 Å². The van der Waals surface area contributed by atoms with E-state index >= 15 is 0 Å². The number of carbonyl (C=O) groups excluding carboxylic acids is 1. The van der Waals surface area contributed by atoms with Crippen molar-refractivity contribution in [2.75, 3.05) is 13.1 Å². The van der Waals surface area contributed by atoms with E-state index in [1.165, 1.54) is 24.4 Å². The average Bonchev–Trinajstić information content (AvgIpc) is 2.78. The lowest BCUT2D eigenvalue weighted by molar-refractivity contribution is -0.143. The number of ether oxygens (including phenoxy) is 1. The zero-order chi connectivity index (χ0) is 23.5. The molecule has 8 heteroatoms. The number of nitrogens with zero attached hydrogens (tertiary/aromatic N) is 2. The highest BCUT2D eigenvalue weighted by molar-refractivity contribution is 5.95. The van der Waals surface area contributed by atoms with Crippen LogP contribution in [0.1, 0.15) is 26.2 Å². The summed E-state index contributed by atoms with van der Waals surface area (Å²) >= 11 is 0. The molecule has 1 aliphatic heterocycles. The van der Waals surface area contributed by atoms with Gasteiger partial charge in [0.15, 0.2) is 6.10 Å². The second-order valence-electron chi connectivity index (χ2n) is 8.28. The molecule has 1 amide bonds. The molecule has 2 heterocycles. The lowest BCUT2D eigenvalue weighted by atomic mass is 9.94. The Kier molecular flexibility index (Phi) is 6.53. The molecular weight excluding hydrogens is 430 g/mol. The molecule has 4 rings (SSSR count). The number of piperidine rings is 1. The Labute approximate surface area is 189 Å². The number of aliphatic carboxylic acids is 1. The van der Waals surface area contributed by atoms with E-state index in [2.05, 4.69) is 4.98 Å². The lowest BCUT2D eigenvalue weighted by Crippen LogP contribution is -2.46. The molecule has 0 unspecified atom stereocenters. The molecule has 1 fully saturated rings. The molecule has 6 nitrogen and oxygen atoms in total. The highest BCUT2D eigenvalue weighted by Gasteiger charge is 2.29. The first-order chi connectivity index (χ1) is 15.8. The van der Waals surface area contributed by atoms with Gasteiger partial charge in [0, 0.05) is 37.2 Å². The van der Waals surface area contributed by atoms with Crippen LogP contribution < -0.4 is 4.74 Å². The first-order valence-electron chi connectivity index (χ1n) is 10.8. The molecule has 1 N–H and O–H groups in total. The fraction of sp³-hybridized carbons (Fsp3) is 0.320. The van der Waals surface area contributed by atoms with Gasteiger partial charge in [-0.15, -0.1) is 0 Å². The minimum atomic E-state index is -0.864. The van der Waals surface area contributed by atoms with Crippen molar-refractivity contribution in [1.82, 2.24) is 9.88 Å². The molecule has 0 radical (unpaired) electrons. The van der Waals surface area contributed by atoms with Gasteiger partial charge in [0.2, 0.25) is 0 Å². The van der Waals surface area contributed by atoms with Crippen LogP contribution in [-0.4, -0.2) is 46.1 Å². The number of hydrogen-bond donors (Lipinski definition) is 1. The number of amides is 1. The Bertz CT molecular complexity index is 1180. The van der Waals surface area contributed by atoms with Crippen LogP contribution >= 0.6 is 0 Å². The third-order valence-corrected chi connectivity index (χ3v) is 5.90. The monoisotopic (exact) mass is 454 g/mol. The molecule has 1 aromatic heterocycles. The highest BCUT2D eigenvalue weighted by atomic mass is 19.1. The fourth-order valence-corrected chi connectivity index (χ4v) is 4.36. The molecule has 0 bridgehead atoms. The Morgan fingerprint density at radius 3 is 2.70 bits per heavy atom. The maximum Gasteiger partial charge on any atom is 0.303 e. The van der Waals surface area contributed by atoms with Crippen LogP contribution in [0.2, 0.25) is 0 Å². The summed E-state index contributed by atoms with van der Waals surface area (Å²) in [6.45, 7) is 2.61. The van der Waals surface area contributed by atoms with Crippen LogP contribution in [0, 0.1) is 17.6 Å². The second kappa shape index (κ2) is 9.52. The van der Waals surface area contributed by atoms with Crippen molar-refractivity contribution >= 4 is 22.8 Å². The van der Waals surface area contributed by atoms with Crippen molar-refractivity contribution in [3.63, 3.8) is 0 Å². The number of halogens is 2. The van der Waals surface area contributed by atoms with Crippen LogP contribution in [0.3, 0.4) is 0 Å². The molecule has 0 aliphatic carbocycles. The number of hydrogen-bond acceptors (Lipinski definition) is 4. The van der Waals surface area contributed by atoms with E-state index in [1.807, 2.05) is 0 Å². The van der Waals surface area contributed by atoms with Gasteiger partial charge in [0.05, 0.1) is 11.1 Å². The molecule has 0 spiro atoms. The van der Waals surface area contributed by atoms with Crippen LogP contribution in [0.4, 0.5) is 8.78 Å². The molecular formula is C25H24F2N2O4. The third kappa shape index (κ3) is 4.94. The Balaban J connectivity index is 1.53. The second-order valence-corrected chi connectivity index (χ2v) is 8.28. The number of carbonyl (C=O) groups is 2. The average molecular weight is 454 g/mol. The number of aromatic nitrogens is 1. The lowest BCUT2D eigenvalue weighted by Gasteiger charge is -2.33. The first kappa shape index (κ1) is 22.6. The number of fused-ring (bicyclic) bond motifs is 1. The number of carboxylic acid groups (broad SMARTS) is 1. The molecule has 172 valence electrons. The van der Waals surface area contributed by atoms with Crippen LogP contribution in [0.5, 0.6) is 5.75 Å².